The van der Waals surface area contributed by atoms with Crippen LogP contribution in [-0.2, 0) is 9.53 Å². The SMILES string of the molecule is CCOC(=O)[C@H]1C[C@H](Cl)CN1CC. The van der Waals surface area contributed by atoms with Gasteiger partial charge in [0.2, 0.25) is 0 Å². The Labute approximate surface area is 84.0 Å². The number of esters is 1. The summed E-state index contributed by atoms with van der Waals surface area (Å²) in [6.45, 7) is 5.94. The fourth-order valence-electron chi connectivity index (χ4n) is 1.68. The van der Waals surface area contributed by atoms with Crippen LogP contribution in [0.5, 0.6) is 0 Å². The summed E-state index contributed by atoms with van der Waals surface area (Å²) < 4.78 is 4.97. The number of hydrogen-bond donors (Lipinski definition) is 0. The molecular weight excluding hydrogens is 190 g/mol. The van der Waals surface area contributed by atoms with Crippen molar-refractivity contribution >= 4 is 17.6 Å². The van der Waals surface area contributed by atoms with E-state index in [9.17, 15) is 4.79 Å². The Hall–Kier alpha value is -0.280. The van der Waals surface area contributed by atoms with Gasteiger partial charge in [-0.15, -0.1) is 11.6 Å². The van der Waals surface area contributed by atoms with Crippen LogP contribution in [0, 0.1) is 0 Å². The molecule has 0 unspecified atom stereocenters. The summed E-state index contributed by atoms with van der Waals surface area (Å²) in [4.78, 5) is 13.5. The molecule has 1 saturated heterocycles. The Morgan fingerprint density at radius 2 is 2.31 bits per heavy atom. The number of halogens is 1. The van der Waals surface area contributed by atoms with Gasteiger partial charge >= 0.3 is 5.97 Å². The average molecular weight is 206 g/mol. The molecule has 76 valence electrons. The van der Waals surface area contributed by atoms with Crippen LogP contribution in [-0.4, -0.2) is 42.0 Å². The van der Waals surface area contributed by atoms with Crippen LogP contribution in [0.2, 0.25) is 0 Å². The van der Waals surface area contributed by atoms with Crippen molar-refractivity contribution in [1.29, 1.82) is 0 Å². The number of carbonyl (C=O) groups excluding carboxylic acids is 1. The van der Waals surface area contributed by atoms with Crippen molar-refractivity contribution < 1.29 is 9.53 Å². The van der Waals surface area contributed by atoms with Gasteiger partial charge in [-0.2, -0.15) is 0 Å². The second-order valence-corrected chi connectivity index (χ2v) is 3.81. The molecule has 0 saturated carbocycles. The van der Waals surface area contributed by atoms with Crippen LogP contribution in [0.1, 0.15) is 20.3 Å². The van der Waals surface area contributed by atoms with Crippen molar-refractivity contribution in [3.8, 4) is 0 Å². The molecule has 4 heteroatoms. The number of hydrogen-bond acceptors (Lipinski definition) is 3. The number of carbonyl (C=O) groups is 1. The molecule has 0 radical (unpaired) electrons. The van der Waals surface area contributed by atoms with Gasteiger partial charge in [-0.1, -0.05) is 6.92 Å². The van der Waals surface area contributed by atoms with Gasteiger partial charge in [-0.3, -0.25) is 9.69 Å². The molecule has 0 spiro atoms. The third-order valence-corrected chi connectivity index (χ3v) is 2.63. The zero-order valence-electron chi connectivity index (χ0n) is 8.12. The maximum atomic E-state index is 11.4. The van der Waals surface area contributed by atoms with E-state index in [1.54, 1.807) is 0 Å². The van der Waals surface area contributed by atoms with Crippen LogP contribution in [0.25, 0.3) is 0 Å². The lowest BCUT2D eigenvalue weighted by molar-refractivity contribution is -0.148. The first-order chi connectivity index (χ1) is 6.19. The Morgan fingerprint density at radius 3 is 2.85 bits per heavy atom. The highest BCUT2D eigenvalue weighted by molar-refractivity contribution is 6.21. The first-order valence-corrected chi connectivity index (χ1v) is 5.17. The number of nitrogens with zero attached hydrogens (tertiary/aromatic N) is 1. The Balaban J connectivity index is 2.52. The highest BCUT2D eigenvalue weighted by Crippen LogP contribution is 2.22. The predicted octanol–water partition coefficient (Wildman–Crippen LogP) is 1.25. The number of likely N-dealkylation sites (N-methyl/N-ethyl adjacent to an activating group) is 1. The van der Waals surface area contributed by atoms with E-state index >= 15 is 0 Å². The van der Waals surface area contributed by atoms with E-state index in [-0.39, 0.29) is 17.4 Å². The average Bonchev–Trinajstić information content (AvgIpc) is 2.47. The van der Waals surface area contributed by atoms with Gasteiger partial charge in [0, 0.05) is 11.9 Å². The number of alkyl halides is 1. The third kappa shape index (κ3) is 2.58. The van der Waals surface area contributed by atoms with E-state index in [2.05, 4.69) is 4.90 Å². The monoisotopic (exact) mass is 205 g/mol. The minimum Gasteiger partial charge on any atom is -0.465 e. The fourth-order valence-corrected chi connectivity index (χ4v) is 2.03. The van der Waals surface area contributed by atoms with Crippen molar-refractivity contribution in [2.75, 3.05) is 19.7 Å². The van der Waals surface area contributed by atoms with E-state index in [1.807, 2.05) is 13.8 Å². The molecule has 0 aromatic rings. The highest BCUT2D eigenvalue weighted by Gasteiger charge is 2.35. The minimum atomic E-state index is -0.132. The van der Waals surface area contributed by atoms with Gasteiger partial charge in [0.15, 0.2) is 0 Å². The lowest BCUT2D eigenvalue weighted by Gasteiger charge is -2.20. The first kappa shape index (κ1) is 10.8. The van der Waals surface area contributed by atoms with E-state index in [1.165, 1.54) is 0 Å². The second-order valence-electron chi connectivity index (χ2n) is 3.19. The molecule has 3 nitrogen and oxygen atoms in total. The number of ether oxygens (including phenoxy) is 1. The summed E-state index contributed by atoms with van der Waals surface area (Å²) in [6.07, 6.45) is 0.716. The van der Waals surface area contributed by atoms with Crippen LogP contribution in [0.4, 0.5) is 0 Å². The molecule has 1 aliphatic rings. The summed E-state index contributed by atoms with van der Waals surface area (Å²) >= 11 is 5.98. The summed E-state index contributed by atoms with van der Waals surface area (Å²) in [5.74, 6) is -0.132. The van der Waals surface area contributed by atoms with Gasteiger partial charge in [-0.25, -0.2) is 0 Å². The summed E-state index contributed by atoms with van der Waals surface area (Å²) in [7, 11) is 0. The molecule has 2 atom stereocenters. The zero-order valence-corrected chi connectivity index (χ0v) is 8.88. The predicted molar refractivity (Wildman–Crippen MR) is 51.9 cm³/mol. The van der Waals surface area contributed by atoms with Gasteiger partial charge < -0.3 is 4.74 Å². The zero-order chi connectivity index (χ0) is 9.84. The van der Waals surface area contributed by atoms with E-state index in [0.29, 0.717) is 13.0 Å². The summed E-state index contributed by atoms with van der Waals surface area (Å²) in [5, 5.41) is 0.0920. The van der Waals surface area contributed by atoms with E-state index in [4.69, 9.17) is 16.3 Å². The summed E-state index contributed by atoms with van der Waals surface area (Å²) in [5.41, 5.74) is 0. The molecule has 0 N–H and O–H groups in total. The molecule has 0 aliphatic carbocycles. The van der Waals surface area contributed by atoms with Crippen molar-refractivity contribution in [1.82, 2.24) is 4.90 Å². The quantitative estimate of drug-likeness (QED) is 0.513. The van der Waals surface area contributed by atoms with Gasteiger partial charge in [0.25, 0.3) is 0 Å². The smallest absolute Gasteiger partial charge is 0.323 e. The molecule has 0 aromatic heterocycles. The Kier molecular flexibility index (Phi) is 4.00. The third-order valence-electron chi connectivity index (χ3n) is 2.32. The molecule has 1 aliphatic heterocycles. The van der Waals surface area contributed by atoms with Crippen molar-refractivity contribution in [2.24, 2.45) is 0 Å². The maximum Gasteiger partial charge on any atom is 0.323 e. The fraction of sp³-hybridized carbons (Fsp3) is 0.889. The second kappa shape index (κ2) is 4.82. The molecule has 0 bridgehead atoms. The van der Waals surface area contributed by atoms with Crippen LogP contribution in [0.3, 0.4) is 0 Å². The van der Waals surface area contributed by atoms with Crippen LogP contribution in [0.15, 0.2) is 0 Å². The number of likely N-dealkylation sites (tertiary alicyclic amines) is 1. The van der Waals surface area contributed by atoms with Gasteiger partial charge in [-0.05, 0) is 19.9 Å². The lowest BCUT2D eigenvalue weighted by Crippen LogP contribution is -2.37. The van der Waals surface area contributed by atoms with Gasteiger partial charge in [0.1, 0.15) is 6.04 Å². The molecule has 0 amide bonds. The summed E-state index contributed by atoms with van der Waals surface area (Å²) in [6, 6.07) is -0.118. The standard InChI is InChI=1S/C9H16ClNO2/c1-3-11-6-7(10)5-8(11)9(12)13-4-2/h7-8H,3-6H2,1-2H3/t7-,8+/m0/s1. The van der Waals surface area contributed by atoms with Gasteiger partial charge in [0.05, 0.1) is 6.61 Å². The van der Waals surface area contributed by atoms with Crippen LogP contribution >= 0.6 is 11.6 Å². The number of rotatable bonds is 3. The molecule has 0 aromatic carbocycles. The Morgan fingerprint density at radius 1 is 1.62 bits per heavy atom. The largest absolute Gasteiger partial charge is 0.465 e. The molecule has 1 heterocycles. The molecular formula is C9H16ClNO2. The van der Waals surface area contributed by atoms with Crippen molar-refractivity contribution in [3.05, 3.63) is 0 Å². The highest BCUT2D eigenvalue weighted by atomic mass is 35.5. The van der Waals surface area contributed by atoms with E-state index < -0.39 is 0 Å². The normalized spacial score (nSPS) is 29.2. The first-order valence-electron chi connectivity index (χ1n) is 4.73. The lowest BCUT2D eigenvalue weighted by atomic mass is 10.2. The topological polar surface area (TPSA) is 29.5 Å². The molecule has 1 fully saturated rings. The maximum absolute atomic E-state index is 11.4. The molecule has 13 heavy (non-hydrogen) atoms. The van der Waals surface area contributed by atoms with E-state index in [0.717, 1.165) is 13.1 Å². The minimum absolute atomic E-state index is 0.0920. The van der Waals surface area contributed by atoms with Crippen LogP contribution < -0.4 is 0 Å². The Bertz CT molecular complexity index is 186. The van der Waals surface area contributed by atoms with Crippen molar-refractivity contribution in [3.63, 3.8) is 0 Å². The molecule has 1 rings (SSSR count). The van der Waals surface area contributed by atoms with Crippen molar-refractivity contribution in [2.45, 2.75) is 31.7 Å².